The zero-order valence-corrected chi connectivity index (χ0v) is 13.5. The third-order valence-electron chi connectivity index (χ3n) is 2.67. The summed E-state index contributed by atoms with van der Waals surface area (Å²) in [5, 5.41) is 0.898. The predicted molar refractivity (Wildman–Crippen MR) is 85.1 cm³/mol. The van der Waals surface area contributed by atoms with Crippen LogP contribution in [0.25, 0.3) is 10.9 Å². The highest BCUT2D eigenvalue weighted by Gasteiger charge is 2.11. The molecule has 1 aromatic heterocycles. The normalized spacial score (nSPS) is 11.8. The molecule has 0 radical (unpaired) electrons. The Kier molecular flexibility index (Phi) is 4.50. The average molecular weight is 339 g/mol. The summed E-state index contributed by atoms with van der Waals surface area (Å²) >= 11 is 3.45. The Morgan fingerprint density at radius 3 is 2.70 bits per heavy atom. The minimum Gasteiger partial charge on any atom is -0.488 e. The lowest BCUT2D eigenvalue weighted by Crippen LogP contribution is -2.22. The summed E-state index contributed by atoms with van der Waals surface area (Å²) in [6, 6.07) is 5.83. The van der Waals surface area contributed by atoms with Crippen LogP contribution in [0.15, 0.2) is 28.9 Å². The van der Waals surface area contributed by atoms with E-state index in [1.807, 2.05) is 39.0 Å². The van der Waals surface area contributed by atoms with E-state index in [1.165, 1.54) is 0 Å². The van der Waals surface area contributed by atoms with E-state index in [0.29, 0.717) is 24.7 Å². The molecule has 20 heavy (non-hydrogen) atoms. The Balaban J connectivity index is 2.16. The average Bonchev–Trinajstić information content (AvgIpc) is 2.35. The van der Waals surface area contributed by atoms with Gasteiger partial charge in [0.2, 0.25) is 0 Å². The Morgan fingerprint density at radius 1 is 1.25 bits per heavy atom. The molecule has 0 aliphatic rings. The van der Waals surface area contributed by atoms with Crippen molar-refractivity contribution in [1.29, 1.82) is 0 Å². The minimum atomic E-state index is -0.168. The number of anilines is 1. The van der Waals surface area contributed by atoms with Gasteiger partial charge in [0.05, 0.1) is 29.6 Å². The van der Waals surface area contributed by atoms with Crippen LogP contribution in [0.3, 0.4) is 0 Å². The van der Waals surface area contributed by atoms with Crippen LogP contribution in [0, 0.1) is 0 Å². The van der Waals surface area contributed by atoms with E-state index < -0.39 is 0 Å². The van der Waals surface area contributed by atoms with Crippen molar-refractivity contribution >= 4 is 32.5 Å². The summed E-state index contributed by atoms with van der Waals surface area (Å²) in [6.07, 6.45) is 1.62. The van der Waals surface area contributed by atoms with E-state index in [9.17, 15) is 0 Å². The van der Waals surface area contributed by atoms with Crippen molar-refractivity contribution in [2.45, 2.75) is 26.4 Å². The third-order valence-corrected chi connectivity index (χ3v) is 3.17. The van der Waals surface area contributed by atoms with Crippen LogP contribution in [0.1, 0.15) is 20.8 Å². The monoisotopic (exact) mass is 338 g/mol. The van der Waals surface area contributed by atoms with E-state index in [2.05, 4.69) is 20.9 Å². The fourth-order valence-corrected chi connectivity index (χ4v) is 2.17. The third kappa shape index (κ3) is 3.84. The molecule has 0 saturated carbocycles. The van der Waals surface area contributed by atoms with E-state index in [4.69, 9.17) is 15.2 Å². The smallest absolute Gasteiger partial charge is 0.153 e. The summed E-state index contributed by atoms with van der Waals surface area (Å²) in [5.74, 6) is 0.661. The predicted octanol–water partition coefficient (Wildman–Crippen LogP) is 3.77. The Bertz CT molecular complexity index is 603. The molecule has 0 amide bonds. The van der Waals surface area contributed by atoms with Gasteiger partial charge in [-0.2, -0.15) is 0 Å². The van der Waals surface area contributed by atoms with Gasteiger partial charge in [0.15, 0.2) is 5.75 Å². The Labute approximate surface area is 127 Å². The van der Waals surface area contributed by atoms with E-state index in [0.717, 1.165) is 15.4 Å². The number of rotatable bonds is 4. The lowest BCUT2D eigenvalue weighted by molar-refractivity contribution is -0.0160. The van der Waals surface area contributed by atoms with Crippen LogP contribution in [0.5, 0.6) is 5.75 Å². The molecular weight excluding hydrogens is 320 g/mol. The van der Waals surface area contributed by atoms with Crippen LogP contribution in [0.2, 0.25) is 0 Å². The molecule has 2 rings (SSSR count). The maximum Gasteiger partial charge on any atom is 0.153 e. The number of pyridine rings is 1. The van der Waals surface area contributed by atoms with Crippen LogP contribution in [0.4, 0.5) is 5.69 Å². The summed E-state index contributed by atoms with van der Waals surface area (Å²) in [4.78, 5) is 4.29. The number of nitrogens with zero attached hydrogens (tertiary/aromatic N) is 1. The Morgan fingerprint density at radius 2 is 2.00 bits per heavy atom. The largest absolute Gasteiger partial charge is 0.488 e. The Hall–Kier alpha value is -1.33. The maximum absolute atomic E-state index is 5.96. The minimum absolute atomic E-state index is 0.168. The molecule has 0 fully saturated rings. The number of hydrogen-bond donors (Lipinski definition) is 1. The molecule has 0 spiro atoms. The number of aromatic nitrogens is 1. The second-order valence-corrected chi connectivity index (χ2v) is 6.43. The van der Waals surface area contributed by atoms with E-state index in [-0.39, 0.29) is 5.60 Å². The second-order valence-electron chi connectivity index (χ2n) is 5.51. The molecular formula is C15H19BrN2O2. The number of ether oxygens (including phenoxy) is 2. The van der Waals surface area contributed by atoms with Gasteiger partial charge >= 0.3 is 0 Å². The highest BCUT2D eigenvalue weighted by atomic mass is 79.9. The summed E-state index contributed by atoms with van der Waals surface area (Å²) in [7, 11) is 0. The first kappa shape index (κ1) is 15.1. The van der Waals surface area contributed by atoms with Crippen molar-refractivity contribution in [3.8, 4) is 5.75 Å². The van der Waals surface area contributed by atoms with Crippen molar-refractivity contribution in [2.75, 3.05) is 18.9 Å². The van der Waals surface area contributed by atoms with Crippen LogP contribution >= 0.6 is 15.9 Å². The summed E-state index contributed by atoms with van der Waals surface area (Å²) in [6.45, 7) is 7.01. The van der Waals surface area contributed by atoms with Gasteiger partial charge in [-0.15, -0.1) is 0 Å². The number of hydrogen-bond acceptors (Lipinski definition) is 4. The maximum atomic E-state index is 5.96. The van der Waals surface area contributed by atoms with E-state index >= 15 is 0 Å². The second kappa shape index (κ2) is 5.97. The molecule has 1 aromatic carbocycles. The van der Waals surface area contributed by atoms with Gasteiger partial charge < -0.3 is 15.2 Å². The van der Waals surface area contributed by atoms with Crippen molar-refractivity contribution < 1.29 is 9.47 Å². The van der Waals surface area contributed by atoms with Crippen LogP contribution < -0.4 is 10.5 Å². The zero-order valence-electron chi connectivity index (χ0n) is 11.9. The lowest BCUT2D eigenvalue weighted by Gasteiger charge is -2.20. The molecule has 0 unspecified atom stereocenters. The first-order valence-electron chi connectivity index (χ1n) is 6.47. The topological polar surface area (TPSA) is 57.4 Å². The first-order valence-corrected chi connectivity index (χ1v) is 7.26. The first-order chi connectivity index (χ1) is 9.37. The van der Waals surface area contributed by atoms with Gasteiger partial charge in [0, 0.05) is 9.86 Å². The fraction of sp³-hybridized carbons (Fsp3) is 0.400. The molecule has 108 valence electrons. The van der Waals surface area contributed by atoms with E-state index in [1.54, 1.807) is 6.20 Å². The molecule has 0 saturated heterocycles. The van der Waals surface area contributed by atoms with Crippen molar-refractivity contribution in [3.05, 3.63) is 28.9 Å². The van der Waals surface area contributed by atoms with Gasteiger partial charge in [0.1, 0.15) is 6.61 Å². The highest BCUT2D eigenvalue weighted by Crippen LogP contribution is 2.32. The molecule has 2 aromatic rings. The highest BCUT2D eigenvalue weighted by molar-refractivity contribution is 9.10. The molecule has 0 aliphatic heterocycles. The van der Waals surface area contributed by atoms with Crippen molar-refractivity contribution in [1.82, 2.24) is 4.98 Å². The number of halogens is 1. The summed E-state index contributed by atoms with van der Waals surface area (Å²) < 4.78 is 12.4. The van der Waals surface area contributed by atoms with Gasteiger partial charge in [-0.25, -0.2) is 0 Å². The number of benzene rings is 1. The molecule has 0 atom stereocenters. The van der Waals surface area contributed by atoms with Crippen molar-refractivity contribution in [3.63, 3.8) is 0 Å². The molecule has 5 heteroatoms. The van der Waals surface area contributed by atoms with Crippen molar-refractivity contribution in [2.24, 2.45) is 0 Å². The SMILES string of the molecule is CC(C)(C)OCCOc1c(N)cnc2ccc(Br)cc12. The van der Waals surface area contributed by atoms with Crippen LogP contribution in [-0.4, -0.2) is 23.8 Å². The van der Waals surface area contributed by atoms with Gasteiger partial charge in [-0.05, 0) is 39.0 Å². The molecule has 1 heterocycles. The number of nitrogens with two attached hydrogens (primary N) is 1. The van der Waals surface area contributed by atoms with Gasteiger partial charge in [0.25, 0.3) is 0 Å². The fourth-order valence-electron chi connectivity index (χ4n) is 1.81. The molecule has 4 nitrogen and oxygen atoms in total. The van der Waals surface area contributed by atoms with Gasteiger partial charge in [-0.3, -0.25) is 4.98 Å². The molecule has 2 N–H and O–H groups in total. The molecule has 0 aliphatic carbocycles. The van der Waals surface area contributed by atoms with Crippen LogP contribution in [-0.2, 0) is 4.74 Å². The standard InChI is InChI=1S/C15H19BrN2O2/c1-15(2,3)20-7-6-19-14-11-8-10(16)4-5-13(11)18-9-12(14)17/h4-5,8-9H,6-7,17H2,1-3H3. The van der Waals surface area contributed by atoms with Gasteiger partial charge in [-0.1, -0.05) is 15.9 Å². The number of fused-ring (bicyclic) bond motifs is 1. The summed E-state index contributed by atoms with van der Waals surface area (Å²) in [5.41, 5.74) is 7.18. The quantitative estimate of drug-likeness (QED) is 0.862. The zero-order chi connectivity index (χ0) is 14.8. The lowest BCUT2D eigenvalue weighted by atomic mass is 10.2. The molecule has 0 bridgehead atoms. The number of nitrogen functional groups attached to an aromatic ring is 1.